The Morgan fingerprint density at radius 3 is 1.63 bits per heavy atom. The van der Waals surface area contributed by atoms with Crippen LogP contribution in [0.15, 0.2) is 0 Å². The van der Waals surface area contributed by atoms with Crippen molar-refractivity contribution in [3.63, 3.8) is 0 Å². The lowest BCUT2D eigenvalue weighted by Crippen LogP contribution is -2.55. The third-order valence-corrected chi connectivity index (χ3v) is 6.08. The van der Waals surface area contributed by atoms with Crippen LogP contribution in [0.25, 0.3) is 0 Å². The van der Waals surface area contributed by atoms with E-state index in [2.05, 4.69) is 21.3 Å². The smallest absolute Gasteiger partial charge is 0.326 e. The number of hydrogen-bond donors (Lipinski definition) is 10. The Morgan fingerprint density at radius 2 is 1.16 bits per heavy atom. The van der Waals surface area contributed by atoms with Gasteiger partial charge in [-0.15, -0.1) is 0 Å². The summed E-state index contributed by atoms with van der Waals surface area (Å²) in [6, 6.07) is -5.46. The molecule has 0 saturated carbocycles. The summed E-state index contributed by atoms with van der Waals surface area (Å²) in [4.78, 5) is 106. The number of rotatable bonds is 22. The van der Waals surface area contributed by atoms with Gasteiger partial charge < -0.3 is 53.4 Å². The van der Waals surface area contributed by atoms with Crippen molar-refractivity contribution in [2.75, 3.05) is 25.1 Å². The van der Waals surface area contributed by atoms with E-state index in [4.69, 9.17) is 26.8 Å². The number of primary amides is 1. The van der Waals surface area contributed by atoms with Crippen molar-refractivity contribution in [1.29, 1.82) is 0 Å². The third kappa shape index (κ3) is 17.9. The maximum absolute atomic E-state index is 12.7. The number of nitrogens with two attached hydrogens (primary N) is 2. The maximum Gasteiger partial charge on any atom is 0.326 e. The molecule has 0 aliphatic carbocycles. The SMILES string of the molecule is CSCCC(NC(=O)C(N)CCC(=O)O)C(=O)NCC(=O)NC(CC(N)=O)C(=O)NCC(=O)NC(CCC(=O)O)C(=O)O. The van der Waals surface area contributed by atoms with Crippen molar-refractivity contribution in [3.05, 3.63) is 0 Å². The first-order valence-electron chi connectivity index (χ1n) is 12.7. The summed E-state index contributed by atoms with van der Waals surface area (Å²) in [6.45, 7) is -1.49. The molecule has 12 N–H and O–H groups in total. The van der Waals surface area contributed by atoms with E-state index in [-0.39, 0.29) is 19.3 Å². The lowest BCUT2D eigenvalue weighted by molar-refractivity contribution is -0.143. The predicted molar refractivity (Wildman–Crippen MR) is 148 cm³/mol. The van der Waals surface area contributed by atoms with Gasteiger partial charge in [0.2, 0.25) is 35.4 Å². The van der Waals surface area contributed by atoms with Gasteiger partial charge in [-0.25, -0.2) is 4.79 Å². The summed E-state index contributed by atoms with van der Waals surface area (Å²) in [6.07, 6.45) is -0.314. The Morgan fingerprint density at radius 1 is 0.674 bits per heavy atom. The van der Waals surface area contributed by atoms with E-state index in [1.165, 1.54) is 11.8 Å². The molecular formula is C23H37N7O12S. The zero-order valence-corrected chi connectivity index (χ0v) is 24.1. The second-order valence-electron chi connectivity index (χ2n) is 9.00. The highest BCUT2D eigenvalue weighted by atomic mass is 32.2. The van der Waals surface area contributed by atoms with E-state index in [1.807, 2.05) is 5.32 Å². The highest BCUT2D eigenvalue weighted by molar-refractivity contribution is 7.98. The van der Waals surface area contributed by atoms with Crippen molar-refractivity contribution in [2.24, 2.45) is 11.5 Å². The van der Waals surface area contributed by atoms with E-state index in [9.17, 15) is 43.2 Å². The number of carboxylic acids is 3. The Bertz CT molecular complexity index is 1060. The van der Waals surface area contributed by atoms with Gasteiger partial charge in [0.25, 0.3) is 0 Å². The Kier molecular flexibility index (Phi) is 18.3. The van der Waals surface area contributed by atoms with Crippen LogP contribution in [0, 0.1) is 0 Å². The molecule has 0 saturated heterocycles. The fraction of sp³-hybridized carbons (Fsp3) is 0.609. The Labute approximate surface area is 249 Å². The second-order valence-corrected chi connectivity index (χ2v) is 9.98. The van der Waals surface area contributed by atoms with E-state index in [0.29, 0.717) is 5.75 Å². The molecule has 0 aromatic heterocycles. The van der Waals surface area contributed by atoms with Crippen LogP contribution in [-0.4, -0.2) is 118 Å². The van der Waals surface area contributed by atoms with Crippen molar-refractivity contribution in [2.45, 2.75) is 62.7 Å². The van der Waals surface area contributed by atoms with Crippen LogP contribution in [0.3, 0.4) is 0 Å². The molecule has 0 aliphatic rings. The van der Waals surface area contributed by atoms with Gasteiger partial charge in [0.1, 0.15) is 18.1 Å². The molecule has 0 aliphatic heterocycles. The summed E-state index contributed by atoms with van der Waals surface area (Å²) in [5, 5.41) is 37.5. The van der Waals surface area contributed by atoms with Crippen LogP contribution in [0.1, 0.15) is 38.5 Å². The lowest BCUT2D eigenvalue weighted by Gasteiger charge is -2.21. The average molecular weight is 636 g/mol. The van der Waals surface area contributed by atoms with E-state index in [0.717, 1.165) is 0 Å². The van der Waals surface area contributed by atoms with Crippen LogP contribution in [0.5, 0.6) is 0 Å². The number of carbonyl (C=O) groups excluding carboxylic acids is 6. The number of hydrogen-bond acceptors (Lipinski definition) is 11. The van der Waals surface area contributed by atoms with Gasteiger partial charge in [0.05, 0.1) is 25.6 Å². The molecule has 6 amide bonds. The lowest BCUT2D eigenvalue weighted by atomic mass is 10.1. The monoisotopic (exact) mass is 635 g/mol. The molecule has 0 bridgehead atoms. The highest BCUT2D eigenvalue weighted by Gasteiger charge is 2.27. The largest absolute Gasteiger partial charge is 0.481 e. The van der Waals surface area contributed by atoms with Gasteiger partial charge in [-0.3, -0.25) is 38.4 Å². The number of amides is 6. The van der Waals surface area contributed by atoms with Gasteiger partial charge in [-0.1, -0.05) is 0 Å². The van der Waals surface area contributed by atoms with Crippen molar-refractivity contribution in [1.82, 2.24) is 26.6 Å². The number of thioether (sulfide) groups is 1. The van der Waals surface area contributed by atoms with Crippen molar-refractivity contribution >= 4 is 65.1 Å². The summed E-state index contributed by atoms with van der Waals surface area (Å²) in [5.41, 5.74) is 10.8. The summed E-state index contributed by atoms with van der Waals surface area (Å²) in [7, 11) is 0. The Balaban J connectivity index is 5.11. The topological polar surface area (TPSA) is 327 Å². The van der Waals surface area contributed by atoms with Gasteiger partial charge in [0, 0.05) is 12.8 Å². The number of aliphatic carboxylic acids is 3. The van der Waals surface area contributed by atoms with Gasteiger partial charge in [-0.2, -0.15) is 11.8 Å². The number of carboxylic acid groups (broad SMARTS) is 3. The molecule has 4 unspecified atom stereocenters. The van der Waals surface area contributed by atoms with Crippen LogP contribution >= 0.6 is 11.8 Å². The minimum atomic E-state index is -1.59. The fourth-order valence-electron chi connectivity index (χ4n) is 3.20. The summed E-state index contributed by atoms with van der Waals surface area (Å²) < 4.78 is 0. The van der Waals surface area contributed by atoms with Crippen molar-refractivity contribution < 1.29 is 58.5 Å². The first-order valence-corrected chi connectivity index (χ1v) is 14.1. The molecule has 0 rings (SSSR count). The molecule has 0 heterocycles. The molecule has 19 nitrogen and oxygen atoms in total. The van der Waals surface area contributed by atoms with Crippen LogP contribution in [-0.2, 0) is 43.2 Å². The van der Waals surface area contributed by atoms with Gasteiger partial charge >= 0.3 is 17.9 Å². The molecule has 43 heavy (non-hydrogen) atoms. The molecular weight excluding hydrogens is 598 g/mol. The zero-order chi connectivity index (χ0) is 33.1. The third-order valence-electron chi connectivity index (χ3n) is 5.43. The Hall–Kier alpha value is -4.46. The van der Waals surface area contributed by atoms with E-state index in [1.54, 1.807) is 6.26 Å². The van der Waals surface area contributed by atoms with E-state index >= 15 is 0 Å². The van der Waals surface area contributed by atoms with Crippen LogP contribution in [0.2, 0.25) is 0 Å². The average Bonchev–Trinajstić information content (AvgIpc) is 2.92. The van der Waals surface area contributed by atoms with Crippen LogP contribution < -0.4 is 38.1 Å². The number of nitrogens with one attached hydrogen (secondary N) is 5. The zero-order valence-electron chi connectivity index (χ0n) is 23.3. The maximum atomic E-state index is 12.7. The quantitative estimate of drug-likeness (QED) is 0.0536. The highest BCUT2D eigenvalue weighted by Crippen LogP contribution is 2.03. The van der Waals surface area contributed by atoms with E-state index < -0.39 is 110 Å². The molecule has 0 fully saturated rings. The normalized spacial score (nSPS) is 13.3. The van der Waals surface area contributed by atoms with Gasteiger partial charge in [0.15, 0.2) is 0 Å². The summed E-state index contributed by atoms with van der Waals surface area (Å²) >= 11 is 1.36. The molecule has 242 valence electrons. The molecule has 4 atom stereocenters. The first kappa shape index (κ1) is 38.5. The second kappa shape index (κ2) is 20.4. The summed E-state index contributed by atoms with van der Waals surface area (Å²) in [5.74, 6) is -9.08. The molecule has 0 aromatic carbocycles. The molecule has 0 spiro atoms. The van der Waals surface area contributed by atoms with Crippen LogP contribution in [0.4, 0.5) is 0 Å². The molecule has 0 radical (unpaired) electrons. The number of carbonyl (C=O) groups is 9. The van der Waals surface area contributed by atoms with Crippen molar-refractivity contribution in [3.8, 4) is 0 Å². The molecule has 20 heteroatoms. The fourth-order valence-corrected chi connectivity index (χ4v) is 3.67. The predicted octanol–water partition coefficient (Wildman–Crippen LogP) is -4.56. The van der Waals surface area contributed by atoms with Gasteiger partial charge in [-0.05, 0) is 31.3 Å². The minimum absolute atomic E-state index is 0.139. The molecule has 0 aromatic rings. The standard InChI is InChI=1S/C23H37N7O12S/c1-43-7-6-12(30-20(38)11(24)2-4-18(34)35)21(39)26-10-17(33)29-14(8-15(25)31)22(40)27-9-16(32)28-13(23(41)42)3-5-19(36)37/h11-14H,2-10,24H2,1H3,(H2,25,31)(H,26,39)(H,27,40)(H,28,32)(H,29,33)(H,30,38)(H,34,35)(H,36,37)(H,41,42). The first-order chi connectivity index (χ1) is 20.1. The minimum Gasteiger partial charge on any atom is -0.481 e.